The Hall–Kier alpha value is -4.19. The molecule has 0 spiro atoms. The Labute approximate surface area is 367 Å². The molecule has 0 aliphatic rings. The van der Waals surface area contributed by atoms with E-state index < -0.39 is 5.97 Å². The van der Waals surface area contributed by atoms with E-state index in [2.05, 4.69) is 141 Å². The van der Waals surface area contributed by atoms with Crippen molar-refractivity contribution >= 4 is 17.8 Å². The molecule has 336 valence electrons. The van der Waals surface area contributed by atoms with Crippen LogP contribution in [0.15, 0.2) is 122 Å². The lowest BCUT2D eigenvalue weighted by Gasteiger charge is -2.18. The minimum atomic E-state index is -1.03. The third kappa shape index (κ3) is 46.5. The summed E-state index contributed by atoms with van der Waals surface area (Å²) in [6, 6.07) is 0. The number of unbranched alkanes of at least 4 members (excludes halogenated alkanes) is 10. The molecule has 1 atom stereocenters. The molecule has 0 aliphatic heterocycles. The molecule has 0 aromatic heterocycles. The molecule has 1 amide bonds. The number of nitrogens with one attached hydrogen (secondary N) is 1. The van der Waals surface area contributed by atoms with Gasteiger partial charge in [0.1, 0.15) is 12.6 Å². The number of allylic oxidation sites excluding steroid dienone is 20. The van der Waals surface area contributed by atoms with Crippen molar-refractivity contribution in [3.63, 3.8) is 0 Å². The highest BCUT2D eigenvalue weighted by Gasteiger charge is 2.14. The molecule has 0 fully saturated rings. The third-order valence-electron chi connectivity index (χ3n) is 9.63. The molecule has 0 aromatic rings. The highest BCUT2D eigenvalue weighted by atomic mass is 16.5. The van der Waals surface area contributed by atoms with Gasteiger partial charge >= 0.3 is 11.9 Å². The number of carbonyl (C=O) groups is 3. The van der Waals surface area contributed by atoms with Crippen LogP contribution in [0.4, 0.5) is 0 Å². The molecule has 60 heavy (non-hydrogen) atoms. The number of carboxylic acids is 1. The molecule has 0 saturated carbocycles. The first-order chi connectivity index (χ1) is 29.5. The first kappa shape index (κ1) is 55.8. The minimum Gasteiger partial charge on any atom is -0.480 e. The molecule has 0 aromatic carbocycles. The largest absolute Gasteiger partial charge is 0.480 e. The molecular weight excluding hydrogens is 743 g/mol. The quantitative estimate of drug-likeness (QED) is 0.0364. The van der Waals surface area contributed by atoms with Crippen molar-refractivity contribution in [1.29, 1.82) is 0 Å². The van der Waals surface area contributed by atoms with Crippen molar-refractivity contribution in [2.75, 3.05) is 6.54 Å². The highest BCUT2D eigenvalue weighted by Crippen LogP contribution is 2.18. The van der Waals surface area contributed by atoms with Crippen molar-refractivity contribution in [3.8, 4) is 0 Å². The molecule has 1 unspecified atom stereocenters. The summed E-state index contributed by atoms with van der Waals surface area (Å²) in [4.78, 5) is 35.2. The Morgan fingerprint density at radius 2 is 0.767 bits per heavy atom. The lowest BCUT2D eigenvalue weighted by molar-refractivity contribution is -0.150. The molecule has 0 heterocycles. The average molecular weight is 828 g/mol. The second-order valence-electron chi connectivity index (χ2n) is 15.2. The Kier molecular flexibility index (Phi) is 44.2. The smallest absolute Gasteiger partial charge is 0.322 e. The molecule has 6 heteroatoms. The molecule has 0 rings (SSSR count). The Bertz CT molecular complexity index is 1320. The fourth-order valence-electron chi connectivity index (χ4n) is 6.21. The zero-order valence-corrected chi connectivity index (χ0v) is 38.0. The van der Waals surface area contributed by atoms with Gasteiger partial charge in [0.05, 0.1) is 0 Å². The number of carboxylic acid groups (broad SMARTS) is 1. The van der Waals surface area contributed by atoms with Crippen LogP contribution in [0, 0.1) is 0 Å². The van der Waals surface area contributed by atoms with Crippen LogP contribution >= 0.6 is 0 Å². The molecule has 0 bridgehead atoms. The van der Waals surface area contributed by atoms with Crippen LogP contribution in [-0.2, 0) is 19.1 Å². The highest BCUT2D eigenvalue weighted by molar-refractivity contribution is 5.80. The van der Waals surface area contributed by atoms with Crippen LogP contribution in [0.5, 0.6) is 0 Å². The summed E-state index contributed by atoms with van der Waals surface area (Å²) in [6.07, 6.45) is 70.4. The second kappa shape index (κ2) is 47.5. The molecule has 2 N–H and O–H groups in total. The van der Waals surface area contributed by atoms with Crippen molar-refractivity contribution in [2.24, 2.45) is 0 Å². The van der Waals surface area contributed by atoms with Gasteiger partial charge in [0.2, 0.25) is 5.91 Å². The van der Waals surface area contributed by atoms with E-state index in [4.69, 9.17) is 9.84 Å². The van der Waals surface area contributed by atoms with Gasteiger partial charge in [-0.3, -0.25) is 14.4 Å². The maximum absolute atomic E-state index is 12.8. The van der Waals surface area contributed by atoms with Gasteiger partial charge in [-0.15, -0.1) is 0 Å². The normalized spacial score (nSPS) is 13.2. The number of esters is 1. The number of aliphatic carboxylic acids is 1. The maximum Gasteiger partial charge on any atom is 0.322 e. The first-order valence-corrected chi connectivity index (χ1v) is 23.7. The Morgan fingerprint density at radius 1 is 0.433 bits per heavy atom. The summed E-state index contributed by atoms with van der Waals surface area (Å²) in [5.41, 5.74) is 0. The fraction of sp³-hybridized carbons (Fsp3) is 0.574. The van der Waals surface area contributed by atoms with Crippen molar-refractivity contribution < 1.29 is 24.2 Å². The molecular formula is C54H85NO5. The average Bonchev–Trinajstić information content (AvgIpc) is 3.24. The summed E-state index contributed by atoms with van der Waals surface area (Å²) < 4.78 is 6.02. The van der Waals surface area contributed by atoms with Gasteiger partial charge in [-0.2, -0.15) is 0 Å². The van der Waals surface area contributed by atoms with Gasteiger partial charge in [0.15, 0.2) is 0 Å². The van der Waals surface area contributed by atoms with Crippen LogP contribution in [0.3, 0.4) is 0 Å². The predicted octanol–water partition coefficient (Wildman–Crippen LogP) is 15.2. The van der Waals surface area contributed by atoms with E-state index >= 15 is 0 Å². The van der Waals surface area contributed by atoms with Crippen molar-refractivity contribution in [3.05, 3.63) is 122 Å². The number of ether oxygens (including phenoxy) is 1. The number of hydrogen-bond donors (Lipinski definition) is 2. The van der Waals surface area contributed by atoms with Crippen LogP contribution in [-0.4, -0.2) is 35.6 Å². The van der Waals surface area contributed by atoms with Crippen molar-refractivity contribution in [2.45, 2.75) is 193 Å². The van der Waals surface area contributed by atoms with Crippen molar-refractivity contribution in [1.82, 2.24) is 5.32 Å². The van der Waals surface area contributed by atoms with E-state index in [1.165, 1.54) is 0 Å². The summed E-state index contributed by atoms with van der Waals surface area (Å²) in [6.45, 7) is 3.98. The van der Waals surface area contributed by atoms with Gasteiger partial charge in [0.25, 0.3) is 0 Å². The topological polar surface area (TPSA) is 92.7 Å². The zero-order valence-electron chi connectivity index (χ0n) is 38.0. The van der Waals surface area contributed by atoms with E-state index in [0.29, 0.717) is 12.8 Å². The standard InChI is InChI=1S/C54H85NO5/c1-3-5-7-9-11-13-15-17-19-20-21-22-23-24-25-26-28-30-32-34-36-41-45-49-54(59)60-51(47-43-39-37-40-44-48-52(56)55-50-53(57)58)46-42-38-35-33-31-29-27-18-16-14-12-10-8-6-4-2/h5-8,11-14,17-19,21-22,24-25,27-28,30-31,33,51H,3-4,9-10,15-16,20,23,26,29,32,34-50H2,1-2H3,(H,55,56)(H,57,58)/b7-5-,8-6-,13-11-,14-12-,19-17-,22-21-,25-24-,27-18-,30-28-,33-31-. The van der Waals surface area contributed by atoms with Gasteiger partial charge in [0, 0.05) is 12.8 Å². The zero-order chi connectivity index (χ0) is 43.7. The van der Waals surface area contributed by atoms with Gasteiger partial charge < -0.3 is 15.2 Å². The molecule has 0 saturated heterocycles. The SMILES string of the molecule is CC/C=C\C/C=C\C/C=C\C/C=C\C/C=C\C/C=C\CCCCCCC(=O)OC(CCCC/C=C\C/C=C\C/C=C\C/C=C\CC)CCCCCCCC(=O)NCC(=O)O. The first-order valence-electron chi connectivity index (χ1n) is 23.7. The molecule has 0 radical (unpaired) electrons. The summed E-state index contributed by atoms with van der Waals surface area (Å²) in [7, 11) is 0. The Morgan fingerprint density at radius 3 is 1.20 bits per heavy atom. The van der Waals surface area contributed by atoms with Gasteiger partial charge in [-0.05, 0) is 128 Å². The van der Waals surface area contributed by atoms with Crippen LogP contribution in [0.2, 0.25) is 0 Å². The summed E-state index contributed by atoms with van der Waals surface area (Å²) in [5, 5.41) is 11.1. The van der Waals surface area contributed by atoms with Crippen LogP contribution < -0.4 is 5.32 Å². The van der Waals surface area contributed by atoms with E-state index in [1.54, 1.807) is 0 Å². The summed E-state index contributed by atoms with van der Waals surface area (Å²) in [5.74, 6) is -1.30. The number of hydrogen-bond acceptors (Lipinski definition) is 4. The minimum absolute atomic E-state index is 0.0372. The number of amides is 1. The van der Waals surface area contributed by atoms with E-state index in [-0.39, 0.29) is 24.5 Å². The molecule has 0 aliphatic carbocycles. The molecule has 6 nitrogen and oxygen atoms in total. The van der Waals surface area contributed by atoms with E-state index in [9.17, 15) is 14.4 Å². The predicted molar refractivity (Wildman–Crippen MR) is 258 cm³/mol. The fourth-order valence-corrected chi connectivity index (χ4v) is 6.21. The van der Waals surface area contributed by atoms with E-state index in [1.807, 2.05) is 0 Å². The second-order valence-corrected chi connectivity index (χ2v) is 15.2. The Balaban J connectivity index is 4.31. The van der Waals surface area contributed by atoms with Gasteiger partial charge in [-0.1, -0.05) is 167 Å². The number of rotatable bonds is 41. The number of carbonyl (C=O) groups excluding carboxylic acids is 2. The third-order valence-corrected chi connectivity index (χ3v) is 9.63. The van der Waals surface area contributed by atoms with Crippen LogP contribution in [0.25, 0.3) is 0 Å². The summed E-state index contributed by atoms with van der Waals surface area (Å²) >= 11 is 0. The van der Waals surface area contributed by atoms with Gasteiger partial charge in [-0.25, -0.2) is 0 Å². The lowest BCUT2D eigenvalue weighted by Crippen LogP contribution is -2.28. The monoisotopic (exact) mass is 828 g/mol. The van der Waals surface area contributed by atoms with Crippen LogP contribution in [0.1, 0.15) is 187 Å². The lowest BCUT2D eigenvalue weighted by atomic mass is 10.0. The maximum atomic E-state index is 12.8. The van der Waals surface area contributed by atoms with E-state index in [0.717, 1.165) is 161 Å².